The summed E-state index contributed by atoms with van der Waals surface area (Å²) in [6, 6.07) is 5.47. The zero-order valence-electron chi connectivity index (χ0n) is 20.2. The first-order valence-electron chi connectivity index (χ1n) is 10.4. The van der Waals surface area contributed by atoms with Gasteiger partial charge in [-0.15, -0.1) is 0 Å². The molecule has 1 atom stereocenters. The van der Waals surface area contributed by atoms with E-state index >= 15 is 0 Å². The zero-order chi connectivity index (χ0) is 25.6. The summed E-state index contributed by atoms with van der Waals surface area (Å²) in [7, 11) is 3.44. The Morgan fingerprint density at radius 2 is 1.82 bits per heavy atom. The number of ether oxygens (including phenoxy) is 1. The minimum Gasteiger partial charge on any atom is -0.458 e. The molecule has 2 amide bonds. The van der Waals surface area contributed by atoms with Crippen LogP contribution in [0.1, 0.15) is 39.2 Å². The fraction of sp³-hybridized carbons (Fsp3) is 0.522. The molecule has 9 nitrogen and oxygen atoms in total. The van der Waals surface area contributed by atoms with Gasteiger partial charge in [0.25, 0.3) is 0 Å². The second-order valence-electron chi connectivity index (χ2n) is 8.62. The number of nitrogens with one attached hydrogen (secondary N) is 3. The number of likely N-dealkylation sites (N-methyl/N-ethyl adjacent to an activating group) is 1. The van der Waals surface area contributed by atoms with Crippen molar-refractivity contribution in [3.05, 3.63) is 35.6 Å². The maximum absolute atomic E-state index is 12.2. The molecule has 0 spiro atoms. The monoisotopic (exact) mass is 466 g/mol. The van der Waals surface area contributed by atoms with Gasteiger partial charge in [-0.3, -0.25) is 14.4 Å². The number of carbonyl (C=O) groups excluding carboxylic acids is 4. The van der Waals surface area contributed by atoms with E-state index in [1.54, 1.807) is 45.8 Å². The number of aryl methyl sites for hydroxylation is 1. The lowest BCUT2D eigenvalue weighted by Crippen LogP contribution is -2.48. The lowest BCUT2D eigenvalue weighted by molar-refractivity contribution is -0.158. The van der Waals surface area contributed by atoms with Gasteiger partial charge in [0.1, 0.15) is 17.5 Å². The molecule has 184 valence electrons. The number of rotatable bonds is 10. The van der Waals surface area contributed by atoms with Gasteiger partial charge in [-0.2, -0.15) is 0 Å². The maximum atomic E-state index is 12.2. The van der Waals surface area contributed by atoms with E-state index in [-0.39, 0.29) is 37.7 Å². The van der Waals surface area contributed by atoms with E-state index in [1.807, 2.05) is 13.0 Å². The summed E-state index contributed by atoms with van der Waals surface area (Å²) in [5.74, 6) is -2.18. The van der Waals surface area contributed by atoms with Crippen LogP contribution >= 0.6 is 0 Å². The molecule has 0 aromatic heterocycles. The Labute approximate surface area is 194 Å². The van der Waals surface area contributed by atoms with Crippen molar-refractivity contribution in [1.82, 2.24) is 15.5 Å². The number of benzene rings is 1. The molecular weight excluding hydrogens is 431 g/mol. The standard InChI is InChI=1S/C16H28N4O5.C7H7F/c1-16(2,3)25-15(24)12(7-6-11(21)8-17)19-13(22)9-18-14(23)10-20(4)5;1-6-3-2-4-7(8)5-6/h8,12,17H,6-7,9-10H2,1-5H3,(H,18,23)(H,19,22);2-5H,1H3. The van der Waals surface area contributed by atoms with Gasteiger partial charge in [-0.05, 0) is 65.9 Å². The first-order valence-corrected chi connectivity index (χ1v) is 10.4. The second kappa shape index (κ2) is 14.8. The predicted octanol–water partition coefficient (Wildman–Crippen LogP) is 1.62. The van der Waals surface area contributed by atoms with E-state index in [0.29, 0.717) is 6.21 Å². The van der Waals surface area contributed by atoms with Crippen LogP contribution in [-0.4, -0.2) is 73.5 Å². The van der Waals surface area contributed by atoms with Crippen LogP contribution in [0.2, 0.25) is 0 Å². The minimum atomic E-state index is -1.03. The Morgan fingerprint density at radius 3 is 2.27 bits per heavy atom. The van der Waals surface area contributed by atoms with Gasteiger partial charge in [0.05, 0.1) is 19.3 Å². The summed E-state index contributed by atoms with van der Waals surface area (Å²) >= 11 is 0. The molecular formula is C23H35FN4O5. The van der Waals surface area contributed by atoms with Crippen LogP contribution < -0.4 is 10.6 Å². The number of carbonyl (C=O) groups is 4. The number of amides is 2. The van der Waals surface area contributed by atoms with Crippen molar-refractivity contribution in [2.45, 2.75) is 52.2 Å². The SMILES string of the molecule is CN(C)CC(=O)NCC(=O)NC(CCC(=O)C=N)C(=O)OC(C)(C)C.Cc1cccc(F)c1. The molecule has 1 unspecified atom stereocenters. The largest absolute Gasteiger partial charge is 0.458 e. The molecule has 3 N–H and O–H groups in total. The van der Waals surface area contributed by atoms with Crippen molar-refractivity contribution in [2.75, 3.05) is 27.2 Å². The van der Waals surface area contributed by atoms with Gasteiger partial charge in [0, 0.05) is 6.42 Å². The van der Waals surface area contributed by atoms with Crippen molar-refractivity contribution >= 4 is 29.8 Å². The van der Waals surface area contributed by atoms with Crippen LogP contribution in [-0.2, 0) is 23.9 Å². The molecule has 1 aromatic rings. The molecule has 0 saturated carbocycles. The fourth-order valence-corrected chi connectivity index (χ4v) is 2.35. The number of nitrogens with zero attached hydrogens (tertiary/aromatic N) is 1. The Balaban J connectivity index is 0.00000106. The normalized spacial score (nSPS) is 11.5. The van der Waals surface area contributed by atoms with E-state index in [2.05, 4.69) is 10.6 Å². The van der Waals surface area contributed by atoms with Crippen LogP contribution in [0.25, 0.3) is 0 Å². The van der Waals surface area contributed by atoms with E-state index in [1.165, 1.54) is 12.1 Å². The first-order chi connectivity index (χ1) is 15.2. The third-order valence-corrected chi connectivity index (χ3v) is 3.75. The van der Waals surface area contributed by atoms with Gasteiger partial charge in [0.15, 0.2) is 5.78 Å². The maximum Gasteiger partial charge on any atom is 0.329 e. The van der Waals surface area contributed by atoms with Crippen LogP contribution in [0.15, 0.2) is 24.3 Å². The van der Waals surface area contributed by atoms with Gasteiger partial charge in [-0.25, -0.2) is 9.18 Å². The molecule has 1 rings (SSSR count). The Kier molecular flexibility index (Phi) is 13.4. The Morgan fingerprint density at radius 1 is 1.18 bits per heavy atom. The zero-order valence-corrected chi connectivity index (χ0v) is 20.2. The van der Waals surface area contributed by atoms with Crippen molar-refractivity contribution < 1.29 is 28.3 Å². The smallest absolute Gasteiger partial charge is 0.329 e. The number of hydrogen-bond acceptors (Lipinski definition) is 7. The van der Waals surface area contributed by atoms with Crippen molar-refractivity contribution in [1.29, 1.82) is 5.41 Å². The first kappa shape index (κ1) is 29.9. The van der Waals surface area contributed by atoms with Crippen LogP contribution in [0.5, 0.6) is 0 Å². The van der Waals surface area contributed by atoms with E-state index in [0.717, 1.165) is 5.56 Å². The lowest BCUT2D eigenvalue weighted by atomic mass is 10.1. The molecule has 1 aromatic carbocycles. The summed E-state index contributed by atoms with van der Waals surface area (Å²) in [5, 5.41) is 11.8. The van der Waals surface area contributed by atoms with Gasteiger partial charge in [0.2, 0.25) is 11.8 Å². The van der Waals surface area contributed by atoms with Crippen LogP contribution in [0, 0.1) is 18.2 Å². The Bertz CT molecular complexity index is 804. The number of esters is 1. The molecule has 0 bridgehead atoms. The van der Waals surface area contributed by atoms with E-state index < -0.39 is 29.3 Å². The molecule has 0 aliphatic carbocycles. The number of halogens is 1. The molecule has 10 heteroatoms. The summed E-state index contributed by atoms with van der Waals surface area (Å²) in [4.78, 5) is 48.6. The van der Waals surface area contributed by atoms with Gasteiger partial charge >= 0.3 is 5.97 Å². The van der Waals surface area contributed by atoms with Crippen molar-refractivity contribution in [3.63, 3.8) is 0 Å². The highest BCUT2D eigenvalue weighted by molar-refractivity contribution is 6.26. The number of Topliss-reactive ketones (excluding diaryl/α,β-unsaturated/α-hetero) is 1. The predicted molar refractivity (Wildman–Crippen MR) is 124 cm³/mol. The number of hydrogen-bond donors (Lipinski definition) is 3. The lowest BCUT2D eigenvalue weighted by Gasteiger charge is -2.24. The topological polar surface area (TPSA) is 129 Å². The molecule has 0 heterocycles. The molecule has 0 saturated heterocycles. The average molecular weight is 467 g/mol. The van der Waals surface area contributed by atoms with Gasteiger partial charge in [-0.1, -0.05) is 12.1 Å². The third kappa shape index (κ3) is 16.2. The molecule has 33 heavy (non-hydrogen) atoms. The third-order valence-electron chi connectivity index (χ3n) is 3.75. The summed E-state index contributed by atoms with van der Waals surface area (Å²) in [5.41, 5.74) is 0.218. The number of ketones is 1. The molecule has 0 aliphatic heterocycles. The Hall–Kier alpha value is -3.14. The average Bonchev–Trinajstić information content (AvgIpc) is 2.67. The second-order valence-corrected chi connectivity index (χ2v) is 8.62. The summed E-state index contributed by atoms with van der Waals surface area (Å²) in [6.45, 7) is 6.78. The molecule has 0 radical (unpaired) electrons. The highest BCUT2D eigenvalue weighted by Gasteiger charge is 2.27. The van der Waals surface area contributed by atoms with Crippen molar-refractivity contribution in [3.8, 4) is 0 Å². The molecule has 0 aliphatic rings. The molecule has 0 fully saturated rings. The van der Waals surface area contributed by atoms with Crippen molar-refractivity contribution in [2.24, 2.45) is 0 Å². The fourth-order valence-electron chi connectivity index (χ4n) is 2.35. The van der Waals surface area contributed by atoms with Crippen LogP contribution in [0.3, 0.4) is 0 Å². The minimum absolute atomic E-state index is 0.0144. The van der Waals surface area contributed by atoms with E-state index in [9.17, 15) is 23.6 Å². The highest BCUT2D eigenvalue weighted by Crippen LogP contribution is 2.11. The van der Waals surface area contributed by atoms with E-state index in [4.69, 9.17) is 10.1 Å². The summed E-state index contributed by atoms with van der Waals surface area (Å²) < 4.78 is 17.4. The quantitative estimate of drug-likeness (QED) is 0.355. The summed E-state index contributed by atoms with van der Waals surface area (Å²) in [6.07, 6.45) is 0.608. The van der Waals surface area contributed by atoms with Crippen LogP contribution in [0.4, 0.5) is 4.39 Å². The highest BCUT2D eigenvalue weighted by atomic mass is 19.1. The van der Waals surface area contributed by atoms with Gasteiger partial charge < -0.3 is 25.7 Å².